The van der Waals surface area contributed by atoms with Crippen molar-refractivity contribution in [3.63, 3.8) is 0 Å². The summed E-state index contributed by atoms with van der Waals surface area (Å²) in [6.45, 7) is 2.50. The number of rotatable bonds is 2. The molecule has 0 atom stereocenters. The Morgan fingerprint density at radius 2 is 1.95 bits per heavy atom. The van der Waals surface area contributed by atoms with Gasteiger partial charge in [-0.15, -0.1) is 0 Å². The van der Waals surface area contributed by atoms with Gasteiger partial charge < -0.3 is 10.1 Å². The van der Waals surface area contributed by atoms with E-state index < -0.39 is 0 Å². The van der Waals surface area contributed by atoms with Gasteiger partial charge in [0.15, 0.2) is 0 Å². The van der Waals surface area contributed by atoms with Gasteiger partial charge in [0.2, 0.25) is 0 Å². The minimum Gasteiger partial charge on any atom is -0.325 e. The van der Waals surface area contributed by atoms with Gasteiger partial charge in [-0.2, -0.15) is 0 Å². The summed E-state index contributed by atoms with van der Waals surface area (Å²) in [7, 11) is 0. The highest BCUT2D eigenvalue weighted by molar-refractivity contribution is 6.30. The highest BCUT2D eigenvalue weighted by atomic mass is 35.5. The minimum atomic E-state index is 0.437. The molecule has 0 saturated carbocycles. The SMILES string of the molecule is Cc1ccc(-c2nc3cc(Cl)ccn3c2CN)cc1. The highest BCUT2D eigenvalue weighted by Gasteiger charge is 2.12. The number of benzene rings is 1. The lowest BCUT2D eigenvalue weighted by Crippen LogP contribution is -2.02. The van der Waals surface area contributed by atoms with Gasteiger partial charge in [-0.1, -0.05) is 41.4 Å². The molecule has 0 unspecified atom stereocenters. The van der Waals surface area contributed by atoms with Crippen LogP contribution in [0, 0.1) is 6.92 Å². The first-order valence-corrected chi connectivity index (χ1v) is 6.50. The molecule has 0 aliphatic heterocycles. The fraction of sp³-hybridized carbons (Fsp3) is 0.133. The maximum absolute atomic E-state index is 6.01. The van der Waals surface area contributed by atoms with Gasteiger partial charge in [-0.05, 0) is 13.0 Å². The fourth-order valence-electron chi connectivity index (χ4n) is 2.21. The molecule has 0 spiro atoms. The van der Waals surface area contributed by atoms with Crippen molar-refractivity contribution in [2.75, 3.05) is 0 Å². The molecule has 0 aliphatic carbocycles. The number of halogens is 1. The van der Waals surface area contributed by atoms with E-state index in [1.54, 1.807) is 0 Å². The molecule has 2 N–H and O–H groups in total. The lowest BCUT2D eigenvalue weighted by atomic mass is 10.1. The van der Waals surface area contributed by atoms with Crippen molar-refractivity contribution < 1.29 is 0 Å². The predicted molar refractivity (Wildman–Crippen MR) is 78.3 cm³/mol. The monoisotopic (exact) mass is 271 g/mol. The number of nitrogens with two attached hydrogens (primary N) is 1. The van der Waals surface area contributed by atoms with Crippen LogP contribution in [0.5, 0.6) is 0 Å². The normalized spacial score (nSPS) is 11.1. The van der Waals surface area contributed by atoms with Gasteiger partial charge in [0.1, 0.15) is 5.65 Å². The topological polar surface area (TPSA) is 43.3 Å². The Morgan fingerprint density at radius 3 is 2.63 bits per heavy atom. The summed E-state index contributed by atoms with van der Waals surface area (Å²) in [5.41, 5.74) is 10.9. The summed E-state index contributed by atoms with van der Waals surface area (Å²) in [6.07, 6.45) is 1.91. The first-order chi connectivity index (χ1) is 9.19. The van der Waals surface area contributed by atoms with Crippen molar-refractivity contribution in [3.05, 3.63) is 58.9 Å². The number of pyridine rings is 1. The fourth-order valence-corrected chi connectivity index (χ4v) is 2.36. The van der Waals surface area contributed by atoms with Crippen molar-refractivity contribution in [1.29, 1.82) is 0 Å². The number of imidazole rings is 1. The van der Waals surface area contributed by atoms with Crippen LogP contribution in [0.1, 0.15) is 11.3 Å². The third-order valence-electron chi connectivity index (χ3n) is 3.21. The maximum Gasteiger partial charge on any atom is 0.139 e. The summed E-state index contributed by atoms with van der Waals surface area (Å²) in [4.78, 5) is 4.64. The van der Waals surface area contributed by atoms with E-state index in [-0.39, 0.29) is 0 Å². The lowest BCUT2D eigenvalue weighted by Gasteiger charge is -2.02. The highest BCUT2D eigenvalue weighted by Crippen LogP contribution is 2.25. The molecule has 0 fully saturated rings. The van der Waals surface area contributed by atoms with E-state index in [1.165, 1.54) is 5.56 Å². The van der Waals surface area contributed by atoms with Gasteiger partial charge in [-0.25, -0.2) is 4.98 Å². The van der Waals surface area contributed by atoms with Crippen molar-refractivity contribution in [3.8, 4) is 11.3 Å². The molecule has 4 heteroatoms. The largest absolute Gasteiger partial charge is 0.325 e. The third kappa shape index (κ3) is 2.11. The quantitative estimate of drug-likeness (QED) is 0.776. The second kappa shape index (κ2) is 4.68. The van der Waals surface area contributed by atoms with Crippen LogP contribution in [0.15, 0.2) is 42.6 Å². The molecule has 3 nitrogen and oxygen atoms in total. The number of aromatic nitrogens is 2. The molecule has 0 amide bonds. The molecule has 3 aromatic rings. The third-order valence-corrected chi connectivity index (χ3v) is 3.44. The second-order valence-corrected chi connectivity index (χ2v) is 4.99. The zero-order chi connectivity index (χ0) is 13.4. The van der Waals surface area contributed by atoms with Gasteiger partial charge in [0.05, 0.1) is 11.4 Å². The van der Waals surface area contributed by atoms with Gasteiger partial charge in [-0.3, -0.25) is 0 Å². The summed E-state index contributed by atoms with van der Waals surface area (Å²) >= 11 is 6.01. The molecule has 2 aromatic heterocycles. The van der Waals surface area contributed by atoms with Crippen LogP contribution in [0.25, 0.3) is 16.9 Å². The average molecular weight is 272 g/mol. The van der Waals surface area contributed by atoms with Gasteiger partial charge in [0.25, 0.3) is 0 Å². The molecule has 2 heterocycles. The van der Waals surface area contributed by atoms with Crippen LogP contribution in [-0.2, 0) is 6.54 Å². The Balaban J connectivity index is 2.25. The molecule has 96 valence electrons. The first kappa shape index (κ1) is 12.2. The standard InChI is InChI=1S/C15H14ClN3/c1-10-2-4-11(5-3-10)15-13(9-17)19-7-6-12(16)8-14(19)18-15/h2-8H,9,17H2,1H3. The first-order valence-electron chi connectivity index (χ1n) is 6.12. The molecule has 0 radical (unpaired) electrons. The number of hydrogen-bond acceptors (Lipinski definition) is 2. The van der Waals surface area contributed by atoms with Crippen molar-refractivity contribution in [2.45, 2.75) is 13.5 Å². The molecule has 0 saturated heterocycles. The molecule has 0 bridgehead atoms. The van der Waals surface area contributed by atoms with E-state index in [2.05, 4.69) is 36.2 Å². The smallest absolute Gasteiger partial charge is 0.139 e. The van der Waals surface area contributed by atoms with Crippen LogP contribution in [-0.4, -0.2) is 9.38 Å². The average Bonchev–Trinajstić information content (AvgIpc) is 2.77. The second-order valence-electron chi connectivity index (χ2n) is 4.55. The van der Waals surface area contributed by atoms with E-state index in [0.29, 0.717) is 11.6 Å². The summed E-state index contributed by atoms with van der Waals surface area (Å²) in [6, 6.07) is 12.0. The number of aryl methyl sites for hydroxylation is 1. The number of hydrogen-bond donors (Lipinski definition) is 1. The van der Waals surface area contributed by atoms with E-state index >= 15 is 0 Å². The Bertz CT molecular complexity index is 729. The van der Waals surface area contributed by atoms with Gasteiger partial charge >= 0.3 is 0 Å². The molecular formula is C15H14ClN3. The van der Waals surface area contributed by atoms with E-state index in [1.807, 2.05) is 22.7 Å². The zero-order valence-electron chi connectivity index (χ0n) is 10.6. The van der Waals surface area contributed by atoms with E-state index in [0.717, 1.165) is 22.6 Å². The molecular weight excluding hydrogens is 258 g/mol. The van der Waals surface area contributed by atoms with Crippen LogP contribution in [0.3, 0.4) is 0 Å². The van der Waals surface area contributed by atoms with Gasteiger partial charge in [0, 0.05) is 29.4 Å². The molecule has 0 aliphatic rings. The summed E-state index contributed by atoms with van der Waals surface area (Å²) < 4.78 is 1.99. The molecule has 19 heavy (non-hydrogen) atoms. The van der Waals surface area contributed by atoms with Crippen LogP contribution >= 0.6 is 11.6 Å². The number of fused-ring (bicyclic) bond motifs is 1. The van der Waals surface area contributed by atoms with Crippen molar-refractivity contribution >= 4 is 17.2 Å². The van der Waals surface area contributed by atoms with Crippen LogP contribution in [0.4, 0.5) is 0 Å². The lowest BCUT2D eigenvalue weighted by molar-refractivity contribution is 0.962. The Labute approximate surface area is 116 Å². The van der Waals surface area contributed by atoms with Crippen molar-refractivity contribution in [1.82, 2.24) is 9.38 Å². The molecule has 3 rings (SSSR count). The van der Waals surface area contributed by atoms with Crippen molar-refractivity contribution in [2.24, 2.45) is 5.73 Å². The van der Waals surface area contributed by atoms with E-state index in [4.69, 9.17) is 17.3 Å². The zero-order valence-corrected chi connectivity index (χ0v) is 11.4. The van der Waals surface area contributed by atoms with Crippen LogP contribution < -0.4 is 5.73 Å². The van der Waals surface area contributed by atoms with E-state index in [9.17, 15) is 0 Å². The predicted octanol–water partition coefficient (Wildman–Crippen LogP) is 3.42. The van der Waals surface area contributed by atoms with Crippen LogP contribution in [0.2, 0.25) is 5.02 Å². The Hall–Kier alpha value is -1.84. The Morgan fingerprint density at radius 1 is 1.21 bits per heavy atom. The molecule has 1 aromatic carbocycles. The summed E-state index contributed by atoms with van der Waals surface area (Å²) in [5.74, 6) is 0. The Kier molecular flexibility index (Phi) is 3.01. The number of nitrogens with zero attached hydrogens (tertiary/aromatic N) is 2. The minimum absolute atomic E-state index is 0.437. The summed E-state index contributed by atoms with van der Waals surface area (Å²) in [5, 5.41) is 0.677. The maximum atomic E-state index is 6.01.